The number of benzene rings is 4. The molecule has 43 heteroatoms. The summed E-state index contributed by atoms with van der Waals surface area (Å²) in [5, 5.41) is 76.8. The molecule has 0 spiro atoms. The van der Waals surface area contributed by atoms with Crippen LogP contribution in [0.25, 0.3) is 10.9 Å². The van der Waals surface area contributed by atoms with E-state index in [4.69, 9.17) is 21.9 Å². The van der Waals surface area contributed by atoms with Gasteiger partial charge in [-0.05, 0) is 99.3 Å². The Balaban J connectivity index is 1.42. The number of rotatable bonds is 28. The number of H-pyrrole nitrogens is 1. The van der Waals surface area contributed by atoms with Gasteiger partial charge >= 0.3 is 29.8 Å². The highest BCUT2D eigenvalue weighted by molar-refractivity contribution is 6.06. The molecular formula is C78H93N17O26. The van der Waals surface area contributed by atoms with Crippen molar-refractivity contribution in [2.45, 2.75) is 151 Å². The molecule has 646 valence electrons. The predicted octanol–water partition coefficient (Wildman–Crippen LogP) is -5.71. The molecule has 1 aliphatic rings. The number of cyclic esters (lactones) is 1. The third-order valence-electron chi connectivity index (χ3n) is 18.4. The van der Waals surface area contributed by atoms with Gasteiger partial charge in [0.05, 0.1) is 51.8 Å². The average Bonchev–Trinajstić information content (AvgIpc) is 1.73. The quantitative estimate of drug-likeness (QED) is 0.00960. The maximum absolute atomic E-state index is 15.2. The summed E-state index contributed by atoms with van der Waals surface area (Å²) >= 11 is 0. The standard InChI is InChI=1S/C78H93N17O26/c1-38(27-61(101)102)65-76(118)92-55(29-57(97)46-16-8-10-17-47(46)80)78(120)121-40(3)66(77(119)95(4)36-60(100)85-49(19-12-26-79)70(112)90-53(32-63(105)106)71(113)84-39(2)67(109)87-52(31-62(103)104)69(111)83-35-59(99)86-56(37-96)75(117)93-65)94-74(116)54(33-64(107)108)91-73(115)51(30-58(81)98)89-72(114)50(28-44-34-82-48-18-11-9-15-45(44)48)88-68(110)43-24-22-42(23-25-43)21-20-41-13-6-5-7-14-41/h5-11,13-18,22-25,34,38-40,49-56,65-66,82,96H,12,19,26-33,35-37,79-80H2,1-4H3,(H2,81,98)(H,83,111)(H,84,113)(H,85,100)(H,86,99)(H,87,109)(H,88,110)(H,89,114)(H,90,112)(H,91,115)(H,92,118)(H,93,117)(H,94,116)(H,101,102)(H,103,104)(H,105,106)(H,107,108)/t38?,39-,40-,49+,50+,51-,52+,53+,54+,55+,56-,65+,66+/m1/s1. The Morgan fingerprint density at radius 3 is 1.74 bits per heavy atom. The fourth-order valence-corrected chi connectivity index (χ4v) is 12.1. The zero-order valence-electron chi connectivity index (χ0n) is 65.6. The molecule has 2 heterocycles. The Labute approximate surface area is 688 Å². The number of primary amides is 1. The van der Waals surface area contributed by atoms with E-state index in [9.17, 15) is 117 Å². The number of carbonyl (C=O) groups is 20. The minimum atomic E-state index is -2.46. The van der Waals surface area contributed by atoms with Crippen LogP contribution in [0.3, 0.4) is 0 Å². The van der Waals surface area contributed by atoms with E-state index >= 15 is 4.79 Å². The van der Waals surface area contributed by atoms with Gasteiger partial charge in [0.1, 0.15) is 72.6 Å². The lowest BCUT2D eigenvalue weighted by Gasteiger charge is -2.31. The van der Waals surface area contributed by atoms with Crippen molar-refractivity contribution in [3.8, 4) is 11.8 Å². The number of para-hydroxylation sites is 2. The number of nitrogens with one attached hydrogen (secondary N) is 13. The molecule has 24 N–H and O–H groups in total. The molecule has 1 aliphatic heterocycles. The number of carboxylic acid groups (broad SMARTS) is 4. The van der Waals surface area contributed by atoms with Gasteiger partial charge in [-0.1, -0.05) is 67.3 Å². The molecule has 14 amide bonds. The summed E-state index contributed by atoms with van der Waals surface area (Å²) in [6.45, 7) is -0.916. The number of anilines is 1. The van der Waals surface area contributed by atoms with Crippen LogP contribution >= 0.6 is 0 Å². The average molecular weight is 1680 g/mol. The van der Waals surface area contributed by atoms with E-state index in [1.54, 1.807) is 66.9 Å². The van der Waals surface area contributed by atoms with Gasteiger partial charge in [-0.15, -0.1) is 0 Å². The van der Waals surface area contributed by atoms with Crippen LogP contribution in [0.15, 0.2) is 109 Å². The lowest BCUT2D eigenvalue weighted by Crippen LogP contribution is -2.62. The van der Waals surface area contributed by atoms with Crippen LogP contribution in [0.5, 0.6) is 0 Å². The molecule has 1 fully saturated rings. The second-order valence-corrected chi connectivity index (χ2v) is 28.0. The number of aromatic amines is 1. The number of nitrogens with two attached hydrogens (primary N) is 3. The van der Waals surface area contributed by atoms with E-state index in [0.29, 0.717) is 32.5 Å². The molecule has 4 aromatic carbocycles. The number of amides is 14. The van der Waals surface area contributed by atoms with E-state index in [1.807, 2.05) is 22.0 Å². The van der Waals surface area contributed by atoms with E-state index in [1.165, 1.54) is 36.4 Å². The summed E-state index contributed by atoms with van der Waals surface area (Å²) in [5.74, 6) is -24.2. The Morgan fingerprint density at radius 2 is 1.12 bits per heavy atom. The number of fused-ring (bicyclic) bond motifs is 1. The third-order valence-corrected chi connectivity index (χ3v) is 18.4. The molecule has 13 atom stereocenters. The first-order valence-electron chi connectivity index (χ1n) is 37.4. The van der Waals surface area contributed by atoms with Crippen LogP contribution in [0.4, 0.5) is 5.69 Å². The van der Waals surface area contributed by atoms with Gasteiger partial charge in [-0.25, -0.2) is 4.79 Å². The summed E-state index contributed by atoms with van der Waals surface area (Å²) < 4.78 is 5.75. The number of carboxylic acids is 4. The number of ether oxygens (including phenoxy) is 1. The van der Waals surface area contributed by atoms with Crippen LogP contribution in [-0.4, -0.2) is 260 Å². The summed E-state index contributed by atoms with van der Waals surface area (Å²) in [4.78, 5) is 279. The highest BCUT2D eigenvalue weighted by atomic mass is 16.5. The Morgan fingerprint density at radius 1 is 0.570 bits per heavy atom. The zero-order chi connectivity index (χ0) is 89.5. The number of carbonyl (C=O) groups excluding carboxylic acids is 16. The van der Waals surface area contributed by atoms with Gasteiger partial charge in [-0.3, -0.25) is 91.1 Å². The molecular weight excluding hydrogens is 1590 g/mol. The van der Waals surface area contributed by atoms with Crippen molar-refractivity contribution in [3.63, 3.8) is 0 Å². The molecule has 0 aliphatic carbocycles. The van der Waals surface area contributed by atoms with Gasteiger partial charge in [-0.2, -0.15) is 0 Å². The van der Waals surface area contributed by atoms with Crippen LogP contribution in [0.2, 0.25) is 0 Å². The molecule has 1 unspecified atom stereocenters. The normalized spacial score (nSPS) is 20.6. The number of hydrogen-bond acceptors (Lipinski definition) is 24. The van der Waals surface area contributed by atoms with Crippen LogP contribution < -0.4 is 81.0 Å². The molecule has 121 heavy (non-hydrogen) atoms. The van der Waals surface area contributed by atoms with Gasteiger partial charge in [0.15, 0.2) is 5.78 Å². The minimum absolute atomic E-state index is 0.0293. The van der Waals surface area contributed by atoms with Crippen molar-refractivity contribution in [1.29, 1.82) is 0 Å². The fourth-order valence-electron chi connectivity index (χ4n) is 12.1. The molecule has 0 bridgehead atoms. The number of likely N-dealkylation sites (N-methyl/N-ethyl adjacent to an activating group) is 1. The highest BCUT2D eigenvalue weighted by Gasteiger charge is 2.42. The van der Waals surface area contributed by atoms with Gasteiger partial charge in [0.25, 0.3) is 5.91 Å². The SMILES string of the molecule is CC(CC(=O)O)[C@@H]1NC(=O)[C@@H](CO)NC(=O)CNC(=O)[C@H](CC(=O)O)NC(=O)[C@@H](C)NC(=O)[C@H](CC(=O)O)NC(=O)[C@H](CCCN)NC(=O)CN(C)C(=O)[C@@H](NC(=O)[C@H](CC(=O)O)NC(=O)[C@@H](CC(N)=O)NC(=O)[C@H](Cc2c[nH]c3ccccc23)NC(=O)c2ccc(C#Cc3ccccc3)cc2)[C@@H](C)OC(=O)[C@H](CC(=O)c2ccccc2N)NC1=O. The van der Waals surface area contributed by atoms with Crippen molar-refractivity contribution in [3.05, 3.63) is 137 Å². The number of aliphatic carboxylic acids is 4. The molecule has 5 aromatic rings. The molecule has 0 saturated carbocycles. The molecule has 1 saturated heterocycles. The Hall–Kier alpha value is -14.7. The third kappa shape index (κ3) is 29.8. The summed E-state index contributed by atoms with van der Waals surface area (Å²) in [7, 11) is 0.877. The van der Waals surface area contributed by atoms with E-state index in [2.05, 4.69) is 64.7 Å². The topological polar surface area (TPSA) is 693 Å². The predicted molar refractivity (Wildman–Crippen MR) is 420 cm³/mol. The number of aromatic nitrogens is 1. The summed E-state index contributed by atoms with van der Waals surface area (Å²) in [6, 6.07) is 3.93. The first-order valence-corrected chi connectivity index (χ1v) is 37.4. The number of ketones is 1. The maximum Gasteiger partial charge on any atom is 0.329 e. The number of hydrogen-bond donors (Lipinski definition) is 21. The summed E-state index contributed by atoms with van der Waals surface area (Å²) in [5.41, 5.74) is 19.3. The van der Waals surface area contributed by atoms with Crippen molar-refractivity contribution < 1.29 is 126 Å². The zero-order valence-corrected chi connectivity index (χ0v) is 65.6. The molecule has 1 aromatic heterocycles. The summed E-state index contributed by atoms with van der Waals surface area (Å²) in [6.07, 6.45) is -8.56. The van der Waals surface area contributed by atoms with E-state index in [-0.39, 0.29) is 36.2 Å². The second-order valence-electron chi connectivity index (χ2n) is 28.0. The van der Waals surface area contributed by atoms with E-state index in [0.717, 1.165) is 27.8 Å². The molecule has 6 rings (SSSR count). The molecule has 43 nitrogen and oxygen atoms in total. The number of nitrogens with zero attached hydrogens (tertiary/aromatic N) is 1. The number of nitrogen functional groups attached to an aromatic ring is 1. The smallest absolute Gasteiger partial charge is 0.329 e. The van der Waals surface area contributed by atoms with Gasteiger partial charge in [0.2, 0.25) is 76.8 Å². The number of aliphatic hydroxyl groups is 1. The van der Waals surface area contributed by atoms with Gasteiger partial charge in [0, 0.05) is 64.9 Å². The Kier molecular flexibility index (Phi) is 35.9. The lowest BCUT2D eigenvalue weighted by molar-refractivity contribution is -0.158. The van der Waals surface area contributed by atoms with Gasteiger partial charge < -0.3 is 121 Å². The van der Waals surface area contributed by atoms with Crippen molar-refractivity contribution >= 4 is 135 Å². The Bertz CT molecular complexity index is 4800. The van der Waals surface area contributed by atoms with Crippen LogP contribution in [0.1, 0.15) is 110 Å². The maximum atomic E-state index is 15.2. The minimum Gasteiger partial charge on any atom is -0.481 e. The van der Waals surface area contributed by atoms with Crippen molar-refractivity contribution in [2.75, 3.05) is 39.0 Å². The fraction of sp³-hybridized carbons (Fsp3) is 0.385. The molecule has 0 radical (unpaired) electrons. The lowest BCUT2D eigenvalue weighted by atomic mass is 9.96. The van der Waals surface area contributed by atoms with Crippen LogP contribution in [-0.2, 0) is 97.5 Å². The largest absolute Gasteiger partial charge is 0.481 e. The van der Waals surface area contributed by atoms with Crippen molar-refractivity contribution in [1.82, 2.24) is 73.7 Å². The second kappa shape index (κ2) is 45.7. The highest BCUT2D eigenvalue weighted by Crippen LogP contribution is 2.22. The number of aliphatic hydroxyl groups excluding tert-OH is 1. The number of Topliss-reactive ketones (excluding diaryl/α,β-unsaturated/α-hetero) is 1. The van der Waals surface area contributed by atoms with Crippen LogP contribution in [0, 0.1) is 17.8 Å². The first kappa shape index (κ1) is 95.1. The van der Waals surface area contributed by atoms with E-state index < -0.39 is 261 Å². The number of esters is 1. The van der Waals surface area contributed by atoms with Crippen molar-refractivity contribution in [2.24, 2.45) is 17.4 Å². The monoisotopic (exact) mass is 1680 g/mol. The first-order chi connectivity index (χ1) is 57.2.